The highest BCUT2D eigenvalue weighted by Gasteiger charge is 2.12. The van der Waals surface area contributed by atoms with Crippen LogP contribution in [0.4, 0.5) is 5.69 Å². The number of nitrogens with one attached hydrogen (secondary N) is 2. The summed E-state index contributed by atoms with van der Waals surface area (Å²) in [5.41, 5.74) is 3.50. The maximum Gasteiger partial charge on any atom is 0.195 e. The van der Waals surface area contributed by atoms with Crippen LogP contribution in [0.15, 0.2) is 47.5 Å². The van der Waals surface area contributed by atoms with Crippen LogP contribution in [0.3, 0.4) is 0 Å². The molecule has 2 N–H and O–H groups in total. The van der Waals surface area contributed by atoms with Crippen molar-refractivity contribution in [3.05, 3.63) is 53.6 Å². The van der Waals surface area contributed by atoms with Crippen LogP contribution in [0.2, 0.25) is 0 Å². The summed E-state index contributed by atoms with van der Waals surface area (Å²) in [6.07, 6.45) is 0.895. The van der Waals surface area contributed by atoms with Gasteiger partial charge >= 0.3 is 0 Å². The van der Waals surface area contributed by atoms with Crippen LogP contribution in [0, 0.1) is 0 Å². The quantitative estimate of drug-likeness (QED) is 0.573. The normalized spacial score (nSPS) is 14.1. The third-order valence-corrected chi connectivity index (χ3v) is 5.10. The molecule has 156 valence electrons. The van der Waals surface area contributed by atoms with Crippen LogP contribution in [0.5, 0.6) is 11.5 Å². The molecule has 1 aliphatic rings. The molecule has 2 aromatic rings. The van der Waals surface area contributed by atoms with Gasteiger partial charge in [0.15, 0.2) is 17.5 Å². The van der Waals surface area contributed by atoms with E-state index < -0.39 is 0 Å². The second-order valence-electron chi connectivity index (χ2n) is 7.54. The average molecular weight is 397 g/mol. The first kappa shape index (κ1) is 21.0. The standard InChI is InChI=1S/C23H32N4O2/c1-17(2)27(4)16-19-9-6-5-8-18(19)15-25-23(24-3)26-20-10-11-21-22(14-20)29-13-7-12-28-21/h5-6,8-11,14,17H,7,12-13,15-16H2,1-4H3,(H2,24,25,26). The van der Waals surface area contributed by atoms with E-state index in [1.54, 1.807) is 7.05 Å². The van der Waals surface area contributed by atoms with Crippen LogP contribution >= 0.6 is 0 Å². The van der Waals surface area contributed by atoms with Gasteiger partial charge in [0.2, 0.25) is 0 Å². The molecular weight excluding hydrogens is 364 g/mol. The molecule has 0 atom stereocenters. The Labute approximate surface area is 173 Å². The fourth-order valence-electron chi connectivity index (χ4n) is 3.07. The summed E-state index contributed by atoms with van der Waals surface area (Å²) in [5, 5.41) is 6.76. The predicted octanol–water partition coefficient (Wildman–Crippen LogP) is 3.88. The van der Waals surface area contributed by atoms with E-state index >= 15 is 0 Å². The van der Waals surface area contributed by atoms with Gasteiger partial charge in [-0.15, -0.1) is 0 Å². The number of aliphatic imine (C=N–C) groups is 1. The molecule has 0 spiro atoms. The van der Waals surface area contributed by atoms with Gasteiger partial charge < -0.3 is 20.1 Å². The van der Waals surface area contributed by atoms with Gasteiger partial charge in [-0.2, -0.15) is 0 Å². The maximum atomic E-state index is 5.78. The molecule has 0 aromatic heterocycles. The zero-order valence-corrected chi connectivity index (χ0v) is 17.9. The topological polar surface area (TPSA) is 58.1 Å². The number of hydrogen-bond donors (Lipinski definition) is 2. The predicted molar refractivity (Wildman–Crippen MR) is 119 cm³/mol. The van der Waals surface area contributed by atoms with Crippen LogP contribution < -0.4 is 20.1 Å². The van der Waals surface area contributed by atoms with E-state index in [9.17, 15) is 0 Å². The minimum Gasteiger partial charge on any atom is -0.490 e. The lowest BCUT2D eigenvalue weighted by atomic mass is 10.1. The van der Waals surface area contributed by atoms with Gasteiger partial charge in [-0.1, -0.05) is 24.3 Å². The number of hydrogen-bond acceptors (Lipinski definition) is 4. The van der Waals surface area contributed by atoms with E-state index in [1.807, 2.05) is 18.2 Å². The fraction of sp³-hybridized carbons (Fsp3) is 0.435. The van der Waals surface area contributed by atoms with Crippen LogP contribution in [-0.2, 0) is 13.1 Å². The van der Waals surface area contributed by atoms with E-state index in [1.165, 1.54) is 11.1 Å². The van der Waals surface area contributed by atoms with Crippen molar-refractivity contribution >= 4 is 11.6 Å². The highest BCUT2D eigenvalue weighted by Crippen LogP contribution is 2.32. The molecule has 0 saturated carbocycles. The van der Waals surface area contributed by atoms with E-state index in [2.05, 4.69) is 65.7 Å². The number of guanidine groups is 1. The van der Waals surface area contributed by atoms with Gasteiger partial charge in [-0.05, 0) is 44.2 Å². The second kappa shape index (κ2) is 10.2. The first-order valence-electron chi connectivity index (χ1n) is 10.2. The number of nitrogens with zero attached hydrogens (tertiary/aromatic N) is 2. The van der Waals surface area contributed by atoms with E-state index in [0.717, 1.165) is 30.2 Å². The summed E-state index contributed by atoms with van der Waals surface area (Å²) < 4.78 is 11.5. The monoisotopic (exact) mass is 396 g/mol. The Kier molecular flexibility index (Phi) is 7.36. The van der Waals surface area contributed by atoms with Gasteiger partial charge in [0.1, 0.15) is 0 Å². The lowest BCUT2D eigenvalue weighted by molar-refractivity contribution is 0.265. The van der Waals surface area contributed by atoms with Crippen molar-refractivity contribution in [2.45, 2.75) is 39.4 Å². The van der Waals surface area contributed by atoms with Crippen molar-refractivity contribution < 1.29 is 9.47 Å². The van der Waals surface area contributed by atoms with Crippen LogP contribution in [-0.4, -0.2) is 44.2 Å². The molecule has 0 aliphatic carbocycles. The van der Waals surface area contributed by atoms with Crippen molar-refractivity contribution in [1.29, 1.82) is 0 Å². The smallest absolute Gasteiger partial charge is 0.195 e. The van der Waals surface area contributed by atoms with Crippen molar-refractivity contribution in [3.8, 4) is 11.5 Å². The zero-order valence-electron chi connectivity index (χ0n) is 17.9. The third kappa shape index (κ3) is 5.87. The highest BCUT2D eigenvalue weighted by molar-refractivity contribution is 5.93. The largest absolute Gasteiger partial charge is 0.490 e. The fourth-order valence-corrected chi connectivity index (χ4v) is 3.07. The van der Waals surface area contributed by atoms with Crippen molar-refractivity contribution in [3.63, 3.8) is 0 Å². The number of fused-ring (bicyclic) bond motifs is 1. The molecule has 6 heteroatoms. The van der Waals surface area contributed by atoms with E-state index in [0.29, 0.717) is 31.8 Å². The number of benzene rings is 2. The Bertz CT molecular complexity index is 835. The lowest BCUT2D eigenvalue weighted by Crippen LogP contribution is -2.31. The molecule has 0 radical (unpaired) electrons. The Morgan fingerprint density at radius 2 is 1.79 bits per heavy atom. The molecule has 1 heterocycles. The minimum atomic E-state index is 0.504. The molecular formula is C23H32N4O2. The zero-order chi connectivity index (χ0) is 20.6. The highest BCUT2D eigenvalue weighted by atomic mass is 16.5. The third-order valence-electron chi connectivity index (χ3n) is 5.10. The molecule has 0 unspecified atom stereocenters. The molecule has 0 bridgehead atoms. The summed E-state index contributed by atoms with van der Waals surface area (Å²) in [4.78, 5) is 6.70. The summed E-state index contributed by atoms with van der Waals surface area (Å²) in [7, 11) is 3.93. The van der Waals surface area contributed by atoms with Crippen molar-refractivity contribution in [2.75, 3.05) is 32.6 Å². The SMILES string of the molecule is CN=C(NCc1ccccc1CN(C)C(C)C)Nc1ccc2c(c1)OCCCO2. The second-order valence-corrected chi connectivity index (χ2v) is 7.54. The van der Waals surface area contributed by atoms with Crippen LogP contribution in [0.25, 0.3) is 0 Å². The first-order chi connectivity index (χ1) is 14.1. The van der Waals surface area contributed by atoms with Crippen LogP contribution in [0.1, 0.15) is 31.4 Å². The summed E-state index contributed by atoms with van der Waals surface area (Å²) in [5.74, 6) is 2.27. The van der Waals surface area contributed by atoms with Crippen molar-refractivity contribution in [2.24, 2.45) is 4.99 Å². The molecule has 6 nitrogen and oxygen atoms in total. The number of rotatable bonds is 6. The Balaban J connectivity index is 1.64. The minimum absolute atomic E-state index is 0.504. The Morgan fingerprint density at radius 1 is 1.07 bits per heavy atom. The van der Waals surface area contributed by atoms with E-state index in [-0.39, 0.29) is 0 Å². The van der Waals surface area contributed by atoms with Gasteiger partial charge in [-0.3, -0.25) is 9.89 Å². The van der Waals surface area contributed by atoms with Gasteiger partial charge in [0, 0.05) is 44.4 Å². The average Bonchev–Trinajstić information content (AvgIpc) is 2.96. The number of anilines is 1. The summed E-state index contributed by atoms with van der Waals surface area (Å²) in [6, 6.07) is 14.9. The van der Waals surface area contributed by atoms with Gasteiger partial charge in [0.25, 0.3) is 0 Å². The molecule has 1 aliphatic heterocycles. The Morgan fingerprint density at radius 3 is 2.52 bits per heavy atom. The molecule has 29 heavy (non-hydrogen) atoms. The summed E-state index contributed by atoms with van der Waals surface area (Å²) >= 11 is 0. The lowest BCUT2D eigenvalue weighted by Gasteiger charge is -2.23. The molecule has 0 fully saturated rings. The van der Waals surface area contributed by atoms with E-state index in [4.69, 9.17) is 9.47 Å². The number of ether oxygens (including phenoxy) is 2. The molecule has 3 rings (SSSR count). The van der Waals surface area contributed by atoms with Crippen molar-refractivity contribution in [1.82, 2.24) is 10.2 Å². The molecule has 2 aromatic carbocycles. The Hall–Kier alpha value is -2.73. The van der Waals surface area contributed by atoms with Gasteiger partial charge in [0.05, 0.1) is 13.2 Å². The molecule has 0 saturated heterocycles. The molecule has 0 amide bonds. The first-order valence-corrected chi connectivity index (χ1v) is 10.2. The maximum absolute atomic E-state index is 5.78. The van der Waals surface area contributed by atoms with Gasteiger partial charge in [-0.25, -0.2) is 0 Å². The summed E-state index contributed by atoms with van der Waals surface area (Å²) in [6.45, 7) is 7.40.